The van der Waals surface area contributed by atoms with E-state index < -0.39 is 8.97 Å². The first-order valence-corrected chi connectivity index (χ1v) is 9.32. The number of aromatic nitrogens is 3. The van der Waals surface area contributed by atoms with Gasteiger partial charge in [0.05, 0.1) is 0 Å². The van der Waals surface area contributed by atoms with Gasteiger partial charge in [-0.05, 0) is 39.4 Å². The number of aromatic amines is 1. The summed E-state index contributed by atoms with van der Waals surface area (Å²) in [5.74, 6) is 0.568. The Morgan fingerprint density at radius 1 is 1.14 bits per heavy atom. The van der Waals surface area contributed by atoms with Gasteiger partial charge in [-0.15, -0.1) is 0 Å². The van der Waals surface area contributed by atoms with E-state index in [2.05, 4.69) is 21.9 Å². The second-order valence-electron chi connectivity index (χ2n) is 4.10. The van der Waals surface area contributed by atoms with Crippen LogP contribution in [0.25, 0.3) is 0 Å². The summed E-state index contributed by atoms with van der Waals surface area (Å²) in [7, 11) is -3.04. The average Bonchev–Trinajstić information content (AvgIpc) is 2.45. The van der Waals surface area contributed by atoms with Crippen molar-refractivity contribution in [2.24, 2.45) is 0 Å². The first-order chi connectivity index (χ1) is 10.1. The van der Waals surface area contributed by atoms with Crippen molar-refractivity contribution in [2.45, 2.75) is 34.1 Å². The van der Waals surface area contributed by atoms with Crippen molar-refractivity contribution in [2.75, 3.05) is 30.9 Å². The third-order valence-electron chi connectivity index (χ3n) is 2.59. The van der Waals surface area contributed by atoms with Crippen LogP contribution in [0, 0.1) is 4.77 Å². The van der Waals surface area contributed by atoms with Gasteiger partial charge in [0.25, 0.3) is 0 Å². The van der Waals surface area contributed by atoms with Gasteiger partial charge >= 0.3 is 38.5 Å². The number of nitrogens with one attached hydrogen (secondary N) is 1. The summed E-state index contributed by atoms with van der Waals surface area (Å²) in [4.78, 5) is 11.2. The van der Waals surface area contributed by atoms with Crippen LogP contribution >= 0.6 is 12.2 Å². The number of hydrogen-bond acceptors (Lipinski definition) is 7. The van der Waals surface area contributed by atoms with Crippen LogP contribution in [0.2, 0.25) is 0 Å². The molecule has 0 aliphatic rings. The Morgan fingerprint density at radius 3 is 2.09 bits per heavy atom. The van der Waals surface area contributed by atoms with E-state index in [1.807, 2.05) is 25.3 Å². The molecule has 0 saturated heterocycles. The normalized spacial score (nSPS) is 11.1. The molecular formula is C12H25N4NaO3SSi. The molecule has 0 saturated carbocycles. The molecule has 0 spiro atoms. The topological polar surface area (TPSA) is 72.5 Å². The van der Waals surface area contributed by atoms with Crippen molar-refractivity contribution in [3.63, 3.8) is 0 Å². The molecule has 0 aromatic carbocycles. The molecular weight excluding hydrogens is 331 g/mol. The van der Waals surface area contributed by atoms with Crippen LogP contribution in [0.5, 0.6) is 0 Å². The van der Waals surface area contributed by atoms with E-state index in [9.17, 15) is 0 Å². The van der Waals surface area contributed by atoms with Crippen molar-refractivity contribution in [1.29, 1.82) is 0 Å². The van der Waals surface area contributed by atoms with E-state index in [1.54, 1.807) is 0 Å². The molecule has 0 radical (unpaired) electrons. The van der Waals surface area contributed by atoms with Crippen molar-refractivity contribution < 1.29 is 44.3 Å². The maximum Gasteiger partial charge on any atom is 1.00 e. The third kappa shape index (κ3) is 5.97. The van der Waals surface area contributed by atoms with Crippen molar-refractivity contribution >= 4 is 27.1 Å². The van der Waals surface area contributed by atoms with Crippen molar-refractivity contribution in [1.82, 2.24) is 15.0 Å². The molecule has 122 valence electrons. The van der Waals surface area contributed by atoms with E-state index in [4.69, 9.17) is 25.5 Å². The fourth-order valence-corrected chi connectivity index (χ4v) is 4.76. The Bertz CT molecular complexity index is 469. The van der Waals surface area contributed by atoms with Crippen LogP contribution in [0.1, 0.15) is 35.5 Å². The van der Waals surface area contributed by atoms with E-state index in [-0.39, 0.29) is 31.0 Å². The molecule has 0 aliphatic carbocycles. The molecule has 0 unspecified atom stereocenters. The summed E-state index contributed by atoms with van der Waals surface area (Å²) >= 11 is 5.08. The van der Waals surface area contributed by atoms with Gasteiger partial charge in [-0.2, -0.15) is 0 Å². The molecule has 1 heterocycles. The molecule has 0 fully saturated rings. The first kappa shape index (κ1) is 22.1. The molecule has 10 heteroatoms. The van der Waals surface area contributed by atoms with Crippen LogP contribution < -0.4 is 34.1 Å². The number of nitrogens with zero attached hydrogens (tertiary/aromatic N) is 3. The second-order valence-corrected chi connectivity index (χ2v) is 6.94. The predicted octanol–water partition coefficient (Wildman–Crippen LogP) is -0.588. The summed E-state index contributed by atoms with van der Waals surface area (Å²) in [6, 6.07) is 0. The minimum atomic E-state index is -3.04. The van der Waals surface area contributed by atoms with E-state index >= 15 is 0 Å². The summed E-state index contributed by atoms with van der Waals surface area (Å²) < 4.78 is 20.1. The molecule has 0 aliphatic heterocycles. The number of anilines is 1. The maximum atomic E-state index is 5.93. The van der Waals surface area contributed by atoms with Crippen molar-refractivity contribution in [3.05, 3.63) is 11.1 Å². The molecule has 1 aromatic rings. The molecule has 0 atom stereocenters. The van der Waals surface area contributed by atoms with Gasteiger partial charge in [0.2, 0.25) is 10.7 Å². The molecule has 1 aromatic heterocycles. The van der Waals surface area contributed by atoms with Gasteiger partial charge in [0.15, 0.2) is 0 Å². The van der Waals surface area contributed by atoms with Gasteiger partial charge in [-0.1, -0.05) is 6.92 Å². The Kier molecular flexibility index (Phi) is 11.7. The smallest absolute Gasteiger partial charge is 1.00 e. The summed E-state index contributed by atoms with van der Waals surface area (Å²) in [5, 5.41) is 0. The summed E-state index contributed by atoms with van der Waals surface area (Å²) in [6.07, 6.45) is 2.33. The van der Waals surface area contributed by atoms with Gasteiger partial charge in [-0.3, -0.25) is 0 Å². The maximum absolute atomic E-state index is 5.93. The van der Waals surface area contributed by atoms with Crippen molar-refractivity contribution in [3.8, 4) is 0 Å². The predicted molar refractivity (Wildman–Crippen MR) is 86.6 cm³/mol. The number of hydrogen-bond donors (Lipinski definition) is 1. The van der Waals surface area contributed by atoms with Crippen LogP contribution in [-0.4, -0.2) is 50.3 Å². The Hall–Kier alpha value is 0.127. The Balaban J connectivity index is 0. The van der Waals surface area contributed by atoms with Gasteiger partial charge in [0, 0.05) is 26.4 Å². The van der Waals surface area contributed by atoms with Gasteiger partial charge in [-0.25, -0.2) is 9.97 Å². The molecule has 22 heavy (non-hydrogen) atoms. The van der Waals surface area contributed by atoms with Gasteiger partial charge in [0.1, 0.15) is 6.33 Å². The average molecular weight is 357 g/mol. The SMILES string of the molecule is CCCN(c1ncnc(=S)[nH]1)[Si](OCC)(OCC)OCC.[H-].[Na+]. The largest absolute Gasteiger partial charge is 1.00 e. The minimum Gasteiger partial charge on any atom is -1.00 e. The zero-order valence-corrected chi connectivity index (χ0v) is 17.9. The van der Waals surface area contributed by atoms with E-state index in [0.29, 0.717) is 37.1 Å². The Morgan fingerprint density at radius 2 is 1.68 bits per heavy atom. The quantitative estimate of drug-likeness (QED) is 0.444. The van der Waals surface area contributed by atoms with E-state index in [1.165, 1.54) is 6.33 Å². The first-order valence-electron chi connectivity index (χ1n) is 7.24. The zero-order chi connectivity index (χ0) is 15.7. The van der Waals surface area contributed by atoms with Crippen LogP contribution in [0.3, 0.4) is 0 Å². The number of H-pyrrole nitrogens is 1. The zero-order valence-electron chi connectivity index (χ0n) is 15.1. The number of rotatable bonds is 10. The Labute approximate surface area is 162 Å². The minimum absolute atomic E-state index is 0. The third-order valence-corrected chi connectivity index (χ3v) is 5.85. The standard InChI is InChI=1S/C12H24N4O3SSi.Na.H/c1-5-9-16(11-13-10-14-12(20)15-11)21(17-6-2,18-7-3)19-8-4;;/h10H,5-9H2,1-4H3,(H,13,14,15,20);;/q;+1;-1. The van der Waals surface area contributed by atoms with Gasteiger partial charge < -0.3 is 24.3 Å². The summed E-state index contributed by atoms with van der Waals surface area (Å²) in [5.41, 5.74) is 0. The second kappa shape index (κ2) is 11.6. The molecule has 1 rings (SSSR count). The molecule has 0 bridgehead atoms. The fourth-order valence-electron chi connectivity index (χ4n) is 1.94. The molecule has 0 amide bonds. The molecule has 1 N–H and O–H groups in total. The van der Waals surface area contributed by atoms with Crippen LogP contribution in [-0.2, 0) is 13.3 Å². The van der Waals surface area contributed by atoms with Crippen LogP contribution in [0.15, 0.2) is 6.33 Å². The fraction of sp³-hybridized carbons (Fsp3) is 0.750. The van der Waals surface area contributed by atoms with E-state index in [0.717, 1.165) is 6.42 Å². The molecule has 7 nitrogen and oxygen atoms in total. The van der Waals surface area contributed by atoms with Crippen LogP contribution in [0.4, 0.5) is 5.95 Å². The monoisotopic (exact) mass is 356 g/mol. The summed E-state index contributed by atoms with van der Waals surface area (Å²) in [6.45, 7) is 10.0.